The molecule has 1 unspecified atom stereocenters. The van der Waals surface area contributed by atoms with Crippen molar-refractivity contribution in [2.45, 2.75) is 130 Å². The fraction of sp³-hybridized carbons (Fsp3) is 0.839. The van der Waals surface area contributed by atoms with Crippen molar-refractivity contribution in [2.24, 2.45) is 39.0 Å². The van der Waals surface area contributed by atoms with E-state index in [4.69, 9.17) is 11.5 Å². The number of rotatable bonds is 14. The first-order valence-corrected chi connectivity index (χ1v) is 15.3. The Morgan fingerprint density at radius 1 is 0.927 bits per heavy atom. The Bertz CT molecular complexity index is 1050. The summed E-state index contributed by atoms with van der Waals surface area (Å²) in [5.74, 6) is -2.27. The number of hydrogen-bond donors (Lipinski definition) is 5. The van der Waals surface area contributed by atoms with E-state index in [0.29, 0.717) is 25.3 Å². The second kappa shape index (κ2) is 11.7. The van der Waals surface area contributed by atoms with E-state index >= 15 is 0 Å². The smallest absolute Gasteiger partial charge is 0.287 e. The number of ketones is 1. The first-order valence-electron chi connectivity index (χ1n) is 15.3. The molecule has 0 aromatic rings. The Balaban J connectivity index is 1.69. The van der Waals surface area contributed by atoms with Crippen LogP contribution in [-0.4, -0.2) is 53.6 Å². The third-order valence-corrected chi connectivity index (χ3v) is 10.5. The minimum absolute atomic E-state index is 0.0337. The van der Waals surface area contributed by atoms with Gasteiger partial charge >= 0.3 is 0 Å². The van der Waals surface area contributed by atoms with Gasteiger partial charge in [-0.3, -0.25) is 24.0 Å². The van der Waals surface area contributed by atoms with Crippen LogP contribution in [0.3, 0.4) is 0 Å². The summed E-state index contributed by atoms with van der Waals surface area (Å²) >= 11 is 0. The summed E-state index contributed by atoms with van der Waals surface area (Å²) in [4.78, 5) is 63.4. The van der Waals surface area contributed by atoms with E-state index in [9.17, 15) is 24.0 Å². The molecular formula is C31H53N5O5. The van der Waals surface area contributed by atoms with Gasteiger partial charge in [0, 0.05) is 30.3 Å². The first-order chi connectivity index (χ1) is 18.8. The number of carbonyl (C=O) groups is 5. The summed E-state index contributed by atoms with van der Waals surface area (Å²) in [6, 6.07) is -1.63. The molecule has 0 aliphatic heterocycles. The molecule has 3 saturated carbocycles. The fourth-order valence-electron chi connectivity index (χ4n) is 7.62. The van der Waals surface area contributed by atoms with Crippen molar-refractivity contribution >= 4 is 29.4 Å². The highest BCUT2D eigenvalue weighted by Gasteiger charge is 2.82. The van der Waals surface area contributed by atoms with Gasteiger partial charge in [0.25, 0.3) is 5.91 Å². The molecule has 0 aromatic carbocycles. The molecule has 10 heteroatoms. The lowest BCUT2D eigenvalue weighted by molar-refractivity contribution is -0.138. The van der Waals surface area contributed by atoms with Crippen molar-refractivity contribution in [2.75, 3.05) is 6.54 Å². The van der Waals surface area contributed by atoms with E-state index in [1.54, 1.807) is 13.8 Å². The Kier molecular flexibility index (Phi) is 9.38. The van der Waals surface area contributed by atoms with Crippen molar-refractivity contribution in [3.05, 3.63) is 0 Å². The zero-order chi connectivity index (χ0) is 31.0. The van der Waals surface area contributed by atoms with Gasteiger partial charge in [0.05, 0.1) is 6.04 Å². The molecule has 10 nitrogen and oxygen atoms in total. The summed E-state index contributed by atoms with van der Waals surface area (Å²) in [5.41, 5.74) is 9.71. The maximum atomic E-state index is 13.5. The summed E-state index contributed by atoms with van der Waals surface area (Å²) in [7, 11) is 0. The highest BCUT2D eigenvalue weighted by atomic mass is 16.2. The van der Waals surface area contributed by atoms with Gasteiger partial charge in [-0.25, -0.2) is 0 Å². The summed E-state index contributed by atoms with van der Waals surface area (Å²) in [6.07, 6.45) is 7.49. The molecule has 3 aliphatic rings. The summed E-state index contributed by atoms with van der Waals surface area (Å²) in [6.45, 7) is 14.1. The SMILES string of the molecule is CC(C)(N)CC(=O)N[C@H](C(=O)NC[C@]1(CCC(=O)NC(CC2CCC2)C(=O)C(N)=O)C(C)(C)C12CCC2)C(C)(C)C. The van der Waals surface area contributed by atoms with E-state index in [-0.39, 0.29) is 46.8 Å². The van der Waals surface area contributed by atoms with Crippen LogP contribution in [0.1, 0.15) is 113 Å². The molecule has 0 saturated heterocycles. The highest BCUT2D eigenvalue weighted by molar-refractivity contribution is 6.37. The molecule has 1 spiro atoms. The zero-order valence-electron chi connectivity index (χ0n) is 26.2. The molecule has 4 amide bonds. The van der Waals surface area contributed by atoms with Crippen molar-refractivity contribution in [1.29, 1.82) is 0 Å². The number of nitrogens with two attached hydrogens (primary N) is 2. The van der Waals surface area contributed by atoms with Crippen LogP contribution in [-0.2, 0) is 24.0 Å². The summed E-state index contributed by atoms with van der Waals surface area (Å²) < 4.78 is 0. The van der Waals surface area contributed by atoms with Crippen LogP contribution in [0.25, 0.3) is 0 Å². The normalized spacial score (nSPS) is 24.3. The molecule has 3 atom stereocenters. The van der Waals surface area contributed by atoms with Crippen molar-refractivity contribution in [1.82, 2.24) is 16.0 Å². The van der Waals surface area contributed by atoms with Gasteiger partial charge in [-0.15, -0.1) is 0 Å². The molecule has 3 fully saturated rings. The lowest BCUT2D eigenvalue weighted by atomic mass is 9.72. The van der Waals surface area contributed by atoms with Crippen molar-refractivity contribution < 1.29 is 24.0 Å². The van der Waals surface area contributed by atoms with Gasteiger partial charge in [-0.05, 0) is 61.7 Å². The quantitative estimate of drug-likeness (QED) is 0.199. The van der Waals surface area contributed by atoms with Crippen LogP contribution in [0.4, 0.5) is 0 Å². The largest absolute Gasteiger partial charge is 0.363 e. The maximum Gasteiger partial charge on any atom is 0.287 e. The lowest BCUT2D eigenvalue weighted by Crippen LogP contribution is -2.55. The molecule has 3 aliphatic carbocycles. The Hall–Kier alpha value is -2.49. The Morgan fingerprint density at radius 3 is 1.95 bits per heavy atom. The number of carbonyl (C=O) groups excluding carboxylic acids is 5. The molecule has 3 rings (SSSR count). The first kappa shape index (κ1) is 33.0. The monoisotopic (exact) mass is 575 g/mol. The van der Waals surface area contributed by atoms with Crippen LogP contribution in [0.15, 0.2) is 0 Å². The predicted molar refractivity (Wildman–Crippen MR) is 157 cm³/mol. The van der Waals surface area contributed by atoms with Gasteiger partial charge in [0.1, 0.15) is 6.04 Å². The number of primary amides is 1. The molecule has 41 heavy (non-hydrogen) atoms. The second-order valence-electron chi connectivity index (χ2n) is 15.3. The number of amides is 4. The van der Waals surface area contributed by atoms with Crippen LogP contribution in [0, 0.1) is 27.6 Å². The van der Waals surface area contributed by atoms with Gasteiger partial charge < -0.3 is 27.4 Å². The third-order valence-electron chi connectivity index (χ3n) is 10.5. The van der Waals surface area contributed by atoms with Crippen LogP contribution in [0.5, 0.6) is 0 Å². The minimum atomic E-state index is -1.03. The van der Waals surface area contributed by atoms with E-state index in [1.807, 2.05) is 20.8 Å². The third kappa shape index (κ3) is 6.78. The topological polar surface area (TPSA) is 173 Å². The average Bonchev–Trinajstić information content (AvgIpc) is 3.22. The van der Waals surface area contributed by atoms with Gasteiger partial charge in [-0.2, -0.15) is 0 Å². The molecule has 0 radical (unpaired) electrons. The molecule has 0 heterocycles. The van der Waals surface area contributed by atoms with E-state index in [1.165, 1.54) is 0 Å². The molecule has 232 valence electrons. The lowest BCUT2D eigenvalue weighted by Gasteiger charge is -2.35. The Labute approximate surface area is 245 Å². The van der Waals surface area contributed by atoms with Crippen LogP contribution < -0.4 is 27.4 Å². The van der Waals surface area contributed by atoms with Crippen molar-refractivity contribution in [3.63, 3.8) is 0 Å². The number of hydrogen-bond acceptors (Lipinski definition) is 6. The van der Waals surface area contributed by atoms with Crippen molar-refractivity contribution in [3.8, 4) is 0 Å². The maximum absolute atomic E-state index is 13.5. The zero-order valence-corrected chi connectivity index (χ0v) is 26.2. The molecule has 0 aromatic heterocycles. The number of nitrogens with one attached hydrogen (secondary N) is 3. The number of Topliss-reactive ketones (excluding diaryl/α,β-unsaturated/α-hetero) is 1. The molecule has 0 bridgehead atoms. The predicted octanol–water partition coefficient (Wildman–Crippen LogP) is 2.47. The standard InChI is InChI=1S/C31H53N5O5/c1-27(2,3)24(36-22(38)17-28(4,5)33)26(41)34-18-31(29(6,7)30(31)13-9-14-30)15-12-21(37)35-20(23(39)25(32)40)16-19-10-8-11-19/h19-20,24H,8-18,33H2,1-7H3,(H2,32,40)(H,34,41)(H,35,37)(H,36,38)/t20?,24-,31-/m1/s1. The highest BCUT2D eigenvalue weighted by Crippen LogP contribution is 2.86. The van der Waals surface area contributed by atoms with Crippen LogP contribution in [0.2, 0.25) is 0 Å². The van der Waals surface area contributed by atoms with E-state index < -0.39 is 34.7 Å². The van der Waals surface area contributed by atoms with E-state index in [0.717, 1.165) is 38.5 Å². The average molecular weight is 576 g/mol. The summed E-state index contributed by atoms with van der Waals surface area (Å²) in [5, 5.41) is 8.83. The second-order valence-corrected chi connectivity index (χ2v) is 15.3. The van der Waals surface area contributed by atoms with Gasteiger partial charge in [-0.1, -0.05) is 60.3 Å². The fourth-order valence-corrected chi connectivity index (χ4v) is 7.62. The molecular weight excluding hydrogens is 522 g/mol. The van der Waals surface area contributed by atoms with Gasteiger partial charge in [0.2, 0.25) is 23.5 Å². The Morgan fingerprint density at radius 2 is 1.54 bits per heavy atom. The molecule has 7 N–H and O–H groups in total. The minimum Gasteiger partial charge on any atom is -0.363 e. The van der Waals surface area contributed by atoms with Crippen LogP contribution >= 0.6 is 0 Å². The van der Waals surface area contributed by atoms with Gasteiger partial charge in [0.15, 0.2) is 0 Å². The van der Waals surface area contributed by atoms with E-state index in [2.05, 4.69) is 29.8 Å².